The molecule has 0 bridgehead atoms. The lowest BCUT2D eigenvalue weighted by Gasteiger charge is -2.18. The van der Waals surface area contributed by atoms with Gasteiger partial charge in [0.25, 0.3) is 0 Å². The Hall–Kier alpha value is -1.27. The van der Waals surface area contributed by atoms with E-state index in [1.165, 1.54) is 6.07 Å². The Morgan fingerprint density at radius 3 is 2.62 bits per heavy atom. The lowest BCUT2D eigenvalue weighted by atomic mass is 10.1. The molecule has 0 spiro atoms. The molecule has 0 radical (unpaired) electrons. The minimum absolute atomic E-state index is 0.0274. The number of unbranched alkanes of at least 4 members (excludes halogenated alkanes) is 1. The van der Waals surface area contributed by atoms with Crippen LogP contribution >= 0.6 is 11.6 Å². The first-order valence-corrected chi connectivity index (χ1v) is 6.97. The molecule has 7 heteroatoms. The molecule has 0 aliphatic carbocycles. The van der Waals surface area contributed by atoms with E-state index in [4.69, 9.17) is 11.6 Å². The molecule has 0 saturated heterocycles. The SMILES string of the molecule is CCCCN(C)CC(=O)Nc1ccc(Cl)cc1C(F)(F)F. The van der Waals surface area contributed by atoms with Crippen molar-refractivity contribution in [2.75, 3.05) is 25.5 Å². The van der Waals surface area contributed by atoms with Crippen LogP contribution in [0.25, 0.3) is 0 Å². The van der Waals surface area contributed by atoms with E-state index in [-0.39, 0.29) is 17.3 Å². The lowest BCUT2D eigenvalue weighted by molar-refractivity contribution is -0.137. The van der Waals surface area contributed by atoms with Crippen LogP contribution in [0.4, 0.5) is 18.9 Å². The quantitative estimate of drug-likeness (QED) is 0.857. The van der Waals surface area contributed by atoms with Crippen LogP contribution in [-0.2, 0) is 11.0 Å². The Morgan fingerprint density at radius 1 is 1.38 bits per heavy atom. The molecule has 0 heterocycles. The van der Waals surface area contributed by atoms with Gasteiger partial charge in [-0.3, -0.25) is 9.69 Å². The molecule has 1 aromatic rings. The van der Waals surface area contributed by atoms with E-state index in [9.17, 15) is 18.0 Å². The first kappa shape index (κ1) is 17.8. The number of benzene rings is 1. The third-order valence-electron chi connectivity index (χ3n) is 2.87. The summed E-state index contributed by atoms with van der Waals surface area (Å²) < 4.78 is 38.7. The number of hydrogen-bond donors (Lipinski definition) is 1. The van der Waals surface area contributed by atoms with Crippen LogP contribution in [0.2, 0.25) is 5.02 Å². The van der Waals surface area contributed by atoms with Gasteiger partial charge in [-0.05, 0) is 38.2 Å². The fraction of sp³-hybridized carbons (Fsp3) is 0.500. The van der Waals surface area contributed by atoms with E-state index >= 15 is 0 Å². The Kier molecular flexibility index (Phi) is 6.48. The number of nitrogens with zero attached hydrogens (tertiary/aromatic N) is 1. The van der Waals surface area contributed by atoms with Gasteiger partial charge >= 0.3 is 6.18 Å². The molecule has 0 aromatic heterocycles. The highest BCUT2D eigenvalue weighted by atomic mass is 35.5. The summed E-state index contributed by atoms with van der Waals surface area (Å²) in [4.78, 5) is 13.6. The van der Waals surface area contributed by atoms with Gasteiger partial charge in [0, 0.05) is 5.02 Å². The number of nitrogens with one attached hydrogen (secondary N) is 1. The zero-order chi connectivity index (χ0) is 16.0. The van der Waals surface area contributed by atoms with Gasteiger partial charge in [-0.2, -0.15) is 13.2 Å². The molecular formula is C14H18ClF3N2O. The normalized spacial score (nSPS) is 11.8. The monoisotopic (exact) mass is 322 g/mol. The largest absolute Gasteiger partial charge is 0.418 e. The molecule has 118 valence electrons. The predicted molar refractivity (Wildman–Crippen MR) is 77.5 cm³/mol. The van der Waals surface area contributed by atoms with Gasteiger partial charge in [-0.1, -0.05) is 24.9 Å². The molecular weight excluding hydrogens is 305 g/mol. The molecule has 21 heavy (non-hydrogen) atoms. The topological polar surface area (TPSA) is 32.3 Å². The fourth-order valence-corrected chi connectivity index (χ4v) is 1.97. The molecule has 0 aliphatic heterocycles. The van der Waals surface area contributed by atoms with Crippen LogP contribution in [0.5, 0.6) is 0 Å². The zero-order valence-corrected chi connectivity index (χ0v) is 12.7. The van der Waals surface area contributed by atoms with Crippen molar-refractivity contribution in [3.8, 4) is 0 Å². The van der Waals surface area contributed by atoms with Crippen molar-refractivity contribution in [1.29, 1.82) is 0 Å². The molecule has 0 atom stereocenters. The molecule has 1 aromatic carbocycles. The Balaban J connectivity index is 2.76. The van der Waals surface area contributed by atoms with Gasteiger partial charge in [0.15, 0.2) is 0 Å². The van der Waals surface area contributed by atoms with Crippen molar-refractivity contribution in [3.05, 3.63) is 28.8 Å². The summed E-state index contributed by atoms with van der Waals surface area (Å²) in [5.41, 5.74) is -1.22. The summed E-state index contributed by atoms with van der Waals surface area (Å²) >= 11 is 5.58. The highest BCUT2D eigenvalue weighted by molar-refractivity contribution is 6.30. The van der Waals surface area contributed by atoms with Crippen molar-refractivity contribution in [2.45, 2.75) is 25.9 Å². The Morgan fingerprint density at radius 2 is 2.05 bits per heavy atom. The van der Waals surface area contributed by atoms with Crippen molar-refractivity contribution >= 4 is 23.2 Å². The highest BCUT2D eigenvalue weighted by Crippen LogP contribution is 2.36. The van der Waals surface area contributed by atoms with Crippen LogP contribution in [0.3, 0.4) is 0 Å². The molecule has 0 unspecified atom stereocenters. The number of carbonyl (C=O) groups excluding carboxylic acids is 1. The van der Waals surface area contributed by atoms with Crippen LogP contribution in [0, 0.1) is 0 Å². The number of carbonyl (C=O) groups is 1. The summed E-state index contributed by atoms with van der Waals surface area (Å²) in [6.45, 7) is 2.79. The highest BCUT2D eigenvalue weighted by Gasteiger charge is 2.34. The Labute approximate surface area is 127 Å². The minimum Gasteiger partial charge on any atom is -0.324 e. The average Bonchev–Trinajstić information content (AvgIpc) is 2.37. The maximum Gasteiger partial charge on any atom is 0.418 e. The predicted octanol–water partition coefficient (Wildman–Crippen LogP) is 4.03. The molecule has 0 saturated carbocycles. The van der Waals surface area contributed by atoms with Gasteiger partial charge in [0.2, 0.25) is 5.91 Å². The first-order chi connectivity index (χ1) is 9.74. The smallest absolute Gasteiger partial charge is 0.324 e. The molecule has 0 fully saturated rings. The van der Waals surface area contributed by atoms with Crippen molar-refractivity contribution in [3.63, 3.8) is 0 Å². The fourth-order valence-electron chi connectivity index (χ4n) is 1.80. The third kappa shape index (κ3) is 5.93. The lowest BCUT2D eigenvalue weighted by Crippen LogP contribution is -2.31. The number of anilines is 1. The second-order valence-electron chi connectivity index (χ2n) is 4.83. The minimum atomic E-state index is -4.57. The maximum atomic E-state index is 12.9. The zero-order valence-electron chi connectivity index (χ0n) is 11.9. The molecule has 0 aliphatic rings. The number of hydrogen-bond acceptors (Lipinski definition) is 2. The van der Waals surface area contributed by atoms with Gasteiger partial charge in [-0.15, -0.1) is 0 Å². The van der Waals surface area contributed by atoms with Crippen LogP contribution in [-0.4, -0.2) is 30.9 Å². The van der Waals surface area contributed by atoms with Gasteiger partial charge < -0.3 is 5.32 Å². The molecule has 1 amide bonds. The van der Waals surface area contributed by atoms with Crippen LogP contribution in [0.1, 0.15) is 25.3 Å². The average molecular weight is 323 g/mol. The standard InChI is InChI=1S/C14H18ClF3N2O/c1-3-4-7-20(2)9-13(21)19-12-6-5-10(15)8-11(12)14(16,17)18/h5-6,8H,3-4,7,9H2,1-2H3,(H,19,21). The first-order valence-electron chi connectivity index (χ1n) is 6.59. The number of likely N-dealkylation sites (N-methyl/N-ethyl adjacent to an activating group) is 1. The second-order valence-corrected chi connectivity index (χ2v) is 5.26. The van der Waals surface area contributed by atoms with Gasteiger partial charge in [-0.25, -0.2) is 0 Å². The summed E-state index contributed by atoms with van der Waals surface area (Å²) in [6.07, 6.45) is -2.65. The number of halogens is 4. The molecule has 3 nitrogen and oxygen atoms in total. The van der Waals surface area contributed by atoms with E-state index < -0.39 is 17.6 Å². The van der Waals surface area contributed by atoms with Crippen LogP contribution in [0.15, 0.2) is 18.2 Å². The van der Waals surface area contributed by atoms with E-state index in [2.05, 4.69) is 5.32 Å². The third-order valence-corrected chi connectivity index (χ3v) is 3.10. The van der Waals surface area contributed by atoms with E-state index in [1.807, 2.05) is 6.92 Å². The van der Waals surface area contributed by atoms with Gasteiger partial charge in [0.1, 0.15) is 0 Å². The number of alkyl halides is 3. The number of amides is 1. The van der Waals surface area contributed by atoms with Crippen molar-refractivity contribution in [2.24, 2.45) is 0 Å². The molecule has 1 rings (SSSR count). The van der Waals surface area contributed by atoms with Crippen molar-refractivity contribution in [1.82, 2.24) is 4.90 Å². The summed E-state index contributed by atoms with van der Waals surface area (Å²) in [5, 5.41) is 2.26. The number of rotatable bonds is 6. The summed E-state index contributed by atoms with van der Waals surface area (Å²) in [7, 11) is 1.75. The molecule has 1 N–H and O–H groups in total. The van der Waals surface area contributed by atoms with E-state index in [0.717, 1.165) is 31.5 Å². The van der Waals surface area contributed by atoms with E-state index in [1.54, 1.807) is 11.9 Å². The summed E-state index contributed by atoms with van der Waals surface area (Å²) in [6, 6.07) is 3.28. The van der Waals surface area contributed by atoms with Gasteiger partial charge in [0.05, 0.1) is 17.8 Å². The second kappa shape index (κ2) is 7.66. The van der Waals surface area contributed by atoms with Crippen LogP contribution < -0.4 is 5.32 Å². The van der Waals surface area contributed by atoms with E-state index in [0.29, 0.717) is 0 Å². The maximum absolute atomic E-state index is 12.9. The Bertz CT molecular complexity index is 492. The summed E-state index contributed by atoms with van der Waals surface area (Å²) in [5.74, 6) is -0.485. The van der Waals surface area contributed by atoms with Crippen molar-refractivity contribution < 1.29 is 18.0 Å².